The molecule has 0 aliphatic heterocycles. The van der Waals surface area contributed by atoms with Crippen molar-refractivity contribution in [2.24, 2.45) is 5.90 Å². The first-order valence-electron chi connectivity index (χ1n) is 27.9. The maximum absolute atomic E-state index is 12.6. The minimum absolute atomic E-state index is 0.152. The molecule has 16 N–H and O–H groups in total. The Bertz CT molecular complexity index is 4150. The average molecular weight is 1480 g/mol. The second-order valence-corrected chi connectivity index (χ2v) is 23.7. The van der Waals surface area contributed by atoms with Crippen LogP contribution < -0.4 is 59.6 Å². The van der Waals surface area contributed by atoms with Crippen molar-refractivity contribution in [3.05, 3.63) is 155 Å². The van der Waals surface area contributed by atoms with Crippen molar-refractivity contribution in [3.8, 4) is 0 Å². The zero-order chi connectivity index (χ0) is 73.0. The van der Waals surface area contributed by atoms with Gasteiger partial charge in [-0.15, -0.1) is 0 Å². The number of aliphatic carboxylic acids is 1. The van der Waals surface area contributed by atoms with E-state index in [4.69, 9.17) is 56.1 Å². The topological polar surface area (TPSA) is 509 Å². The number of ether oxygens (including phenoxy) is 2. The summed E-state index contributed by atoms with van der Waals surface area (Å²) in [6.07, 6.45) is 2.78. The number of para-hydroxylation sites is 3. The van der Waals surface area contributed by atoms with E-state index in [9.17, 15) is 43.2 Å². The molecule has 0 spiro atoms. The predicted octanol–water partition coefficient (Wildman–Crippen LogP) is 9.48. The number of thiazole rings is 3. The lowest BCUT2D eigenvalue weighted by Crippen LogP contribution is -2.25. The van der Waals surface area contributed by atoms with Crippen LogP contribution in [0.25, 0.3) is 0 Å². The van der Waals surface area contributed by atoms with Crippen LogP contribution in [0.2, 0.25) is 15.1 Å². The van der Waals surface area contributed by atoms with Crippen molar-refractivity contribution in [2.45, 2.75) is 60.8 Å². The normalized spacial score (nSPS) is 10.1. The number of carbonyl (C=O) groups is 9. The van der Waals surface area contributed by atoms with Gasteiger partial charge in [0.15, 0.2) is 15.4 Å². The number of carboxylic acid groups (broad SMARTS) is 1. The van der Waals surface area contributed by atoms with Gasteiger partial charge in [0.05, 0.1) is 64.9 Å². The smallest absolute Gasteiger partial charge is 0.316 e. The molecule has 0 unspecified atom stereocenters. The van der Waals surface area contributed by atoms with E-state index in [1.165, 1.54) is 54.6 Å². The van der Waals surface area contributed by atoms with E-state index in [0.717, 1.165) is 46.5 Å². The van der Waals surface area contributed by atoms with E-state index >= 15 is 0 Å². The first-order chi connectivity index (χ1) is 47.1. The van der Waals surface area contributed by atoms with E-state index < -0.39 is 54.9 Å². The molecule has 9 rings (SSSR count). The molecule has 9 aromatic rings. The Hall–Kier alpha value is -11.0. The van der Waals surface area contributed by atoms with Crippen LogP contribution in [-0.2, 0) is 38.2 Å². The molecule has 0 radical (unpaired) electrons. The second-order valence-electron chi connectivity index (χ2n) is 19.4. The Balaban J connectivity index is 0.000000252. The number of carbonyl (C=O) groups excluding carboxylic acids is 8. The number of aromatic nitrogens is 9. The summed E-state index contributed by atoms with van der Waals surface area (Å²) in [6.45, 7) is 10.6. The number of halogens is 3. The number of nitrogens with zero attached hydrogens (tertiary/aromatic N) is 9. The van der Waals surface area contributed by atoms with Gasteiger partial charge in [-0.25, -0.2) is 56.2 Å². The Kier molecular flexibility index (Phi) is 30.7. The van der Waals surface area contributed by atoms with Crippen molar-refractivity contribution >= 4 is 190 Å². The summed E-state index contributed by atoms with van der Waals surface area (Å²) in [5, 5.41) is 47.9. The number of aryl methyl sites for hydroxylation is 6. The van der Waals surface area contributed by atoms with E-state index in [1.54, 1.807) is 57.2 Å². The van der Waals surface area contributed by atoms with Gasteiger partial charge in [-0.3, -0.25) is 48.4 Å². The SMILES string of the molecule is COC(=O)CC(=O)Nc1cc(Nc2ncc(C(=O)Nc3c(C)cccc3Cl)s2)nc(C)n1.COC(=O)CC(=O)O.Cc1nc(N)cc(Nc2ncc(C(=O)Nc3c(C)cccc3Cl)s2)n1.Cc1nc(NC(=O)CC(=O)NO)cc(Nc2ncc(C(=O)Nc3c(C)cccc3Cl)s2)n1.NO. The minimum atomic E-state index is -1.17. The van der Waals surface area contributed by atoms with Gasteiger partial charge in [-0.2, -0.15) is 0 Å². The Morgan fingerprint density at radius 2 is 0.778 bits per heavy atom. The van der Waals surface area contributed by atoms with Gasteiger partial charge in [0.2, 0.25) is 11.8 Å². The molecule has 0 fully saturated rings. The van der Waals surface area contributed by atoms with Gasteiger partial charge in [-0.05, 0) is 76.4 Å². The Morgan fingerprint density at radius 3 is 1.09 bits per heavy atom. The van der Waals surface area contributed by atoms with Crippen LogP contribution in [0.15, 0.2) is 91.4 Å². The van der Waals surface area contributed by atoms with E-state index in [1.807, 2.05) is 45.0 Å². The maximum Gasteiger partial charge on any atom is 0.316 e. The summed E-state index contributed by atoms with van der Waals surface area (Å²) in [5.41, 5.74) is 11.3. The summed E-state index contributed by atoms with van der Waals surface area (Å²) < 4.78 is 8.51. The van der Waals surface area contributed by atoms with E-state index in [-0.39, 0.29) is 29.4 Å². The molecule has 0 atom stereocenters. The molecule has 6 amide bonds. The number of rotatable bonds is 20. The number of anilines is 12. The molecule has 99 heavy (non-hydrogen) atoms. The van der Waals surface area contributed by atoms with Crippen LogP contribution in [0.4, 0.5) is 67.4 Å². The fourth-order valence-electron chi connectivity index (χ4n) is 7.54. The zero-order valence-electron chi connectivity index (χ0n) is 53.2. The van der Waals surface area contributed by atoms with Crippen molar-refractivity contribution in [1.29, 1.82) is 0 Å². The van der Waals surface area contributed by atoms with Gasteiger partial charge in [0.1, 0.15) is 86.3 Å². The number of hydrogen-bond donors (Lipinski definition) is 14. The molecule has 0 saturated carbocycles. The van der Waals surface area contributed by atoms with Crippen LogP contribution in [0.5, 0.6) is 0 Å². The summed E-state index contributed by atoms with van der Waals surface area (Å²) in [4.78, 5) is 142. The van der Waals surface area contributed by atoms with E-state index in [2.05, 4.69) is 103 Å². The van der Waals surface area contributed by atoms with Crippen molar-refractivity contribution < 1.29 is 68.1 Å². The van der Waals surface area contributed by atoms with Crippen LogP contribution in [0.3, 0.4) is 0 Å². The van der Waals surface area contributed by atoms with Crippen LogP contribution in [0, 0.1) is 41.5 Å². The standard InChI is InChI=1S/C20H19ClN6O4S.C19H18ClN7O4S.C16H15ClN6OS.C4H6O4.H3NO/c1-10-5-4-6-12(21)18(10)27-19(30)13-9-22-20(32-13)26-15-7-14(23-11(2)24-15)25-16(28)8-17(29)31-3;1-9-4-3-5-11(20)17(9)26-18(30)12-8-21-19(32-12)25-14-6-13(22-10(2)23-14)24-15(28)7-16(29)27-31;1-8-4-3-5-10(17)14(8)23-15(24)11-7-19-16(25-11)22-13-6-12(18)20-9(2)21-13;1-8-4(7)2-3(5)6;1-2/h4-7,9H,8H2,1-3H3,(H,27,30)(H2,22,23,24,25,26,28);3-6,8,31H,7H2,1-2H3,(H,26,30)(H,27,29)(H2,21,22,23,24,25,28);3-7H,1-2H3,(H,23,24)(H3,18,19,20,21,22);2H2,1H3,(H,5,6);2H,1H2. The average Bonchev–Trinajstić information content (AvgIpc) is 1.78. The molecule has 40 heteroatoms. The van der Waals surface area contributed by atoms with Gasteiger partial charge >= 0.3 is 17.9 Å². The fourth-order valence-corrected chi connectivity index (χ4v) is 10.5. The molecule has 0 aliphatic carbocycles. The van der Waals surface area contributed by atoms with Gasteiger partial charge < -0.3 is 68.1 Å². The lowest BCUT2D eigenvalue weighted by atomic mass is 10.2. The molecule has 3 aromatic carbocycles. The molecule has 0 saturated heterocycles. The highest BCUT2D eigenvalue weighted by Gasteiger charge is 2.20. The van der Waals surface area contributed by atoms with Gasteiger partial charge in [-0.1, -0.05) is 105 Å². The molecule has 6 heterocycles. The highest BCUT2D eigenvalue weighted by atomic mass is 35.5. The first kappa shape index (κ1) is 78.7. The van der Waals surface area contributed by atoms with Crippen LogP contribution in [-0.4, -0.2) is 128 Å². The third-order valence-corrected chi connectivity index (χ3v) is 15.5. The van der Waals surface area contributed by atoms with Crippen molar-refractivity contribution in [3.63, 3.8) is 0 Å². The number of nitrogens with two attached hydrogens (primary N) is 2. The zero-order valence-corrected chi connectivity index (χ0v) is 57.9. The summed E-state index contributed by atoms with van der Waals surface area (Å²) in [5.74, 6) is 1.07. The summed E-state index contributed by atoms with van der Waals surface area (Å²) in [6, 6.07) is 20.6. The van der Waals surface area contributed by atoms with Crippen molar-refractivity contribution in [2.75, 3.05) is 62.5 Å². The molecule has 0 bridgehead atoms. The summed E-state index contributed by atoms with van der Waals surface area (Å²) in [7, 11) is 2.34. The number of amides is 6. The highest BCUT2D eigenvalue weighted by Crippen LogP contribution is 2.32. The van der Waals surface area contributed by atoms with Gasteiger partial charge in [0.25, 0.3) is 23.6 Å². The number of carboxylic acids is 1. The first-order valence-corrected chi connectivity index (χ1v) is 31.5. The number of benzene rings is 3. The van der Waals surface area contributed by atoms with Crippen molar-refractivity contribution in [1.82, 2.24) is 50.3 Å². The monoisotopic (exact) mass is 1470 g/mol. The van der Waals surface area contributed by atoms with Crippen LogP contribution in [0.1, 0.15) is 82.4 Å². The quantitative estimate of drug-likeness (QED) is 0.0146. The molecule has 520 valence electrons. The largest absolute Gasteiger partial charge is 0.481 e. The Labute approximate surface area is 589 Å². The molecule has 0 aliphatic rings. The number of nitrogen functional groups attached to an aromatic ring is 1. The lowest BCUT2D eigenvalue weighted by molar-refractivity contribution is -0.149. The summed E-state index contributed by atoms with van der Waals surface area (Å²) >= 11 is 21.9. The Morgan fingerprint density at radius 1 is 0.455 bits per heavy atom. The minimum Gasteiger partial charge on any atom is -0.481 e. The maximum atomic E-state index is 12.6. The van der Waals surface area contributed by atoms with Crippen LogP contribution >= 0.6 is 68.8 Å². The second kappa shape index (κ2) is 38.6. The molecular formula is C59H61Cl3N20O14S3. The predicted molar refractivity (Wildman–Crippen MR) is 372 cm³/mol. The number of esters is 2. The lowest BCUT2D eigenvalue weighted by Gasteiger charge is -2.09. The van der Waals surface area contributed by atoms with E-state index in [0.29, 0.717) is 103 Å². The third kappa shape index (κ3) is 25.8. The fraction of sp³-hybridized carbons (Fsp3) is 0.186. The number of nitrogens with one attached hydrogen (secondary N) is 9. The van der Waals surface area contributed by atoms with Gasteiger partial charge in [0, 0.05) is 18.2 Å². The highest BCUT2D eigenvalue weighted by molar-refractivity contribution is 7.18. The number of hydroxylamine groups is 1. The number of hydrogen-bond acceptors (Lipinski definition) is 30. The number of methoxy groups -OCH3 is 2. The molecular weight excluding hydrogens is 1420 g/mol. The molecule has 6 aromatic heterocycles. The third-order valence-electron chi connectivity index (χ3n) is 11.8. The molecule has 34 nitrogen and oxygen atoms in total.